The SMILES string of the molecule is CC(C)CN(Cc1cc(N)c2c(c1)CCCCO2)C(=O)C(C)CNCc1cccc2c1ccn2C. The van der Waals surface area contributed by atoms with Gasteiger partial charge in [0.1, 0.15) is 5.75 Å². The number of amides is 1. The van der Waals surface area contributed by atoms with E-state index in [1.54, 1.807) is 0 Å². The first kappa shape index (κ1) is 25.1. The van der Waals surface area contributed by atoms with Crippen LogP contribution in [0.5, 0.6) is 5.75 Å². The highest BCUT2D eigenvalue weighted by atomic mass is 16.5. The van der Waals surface area contributed by atoms with Crippen molar-refractivity contribution in [2.45, 2.75) is 53.1 Å². The Morgan fingerprint density at radius 3 is 2.83 bits per heavy atom. The van der Waals surface area contributed by atoms with Crippen molar-refractivity contribution in [2.24, 2.45) is 18.9 Å². The van der Waals surface area contributed by atoms with Crippen molar-refractivity contribution in [3.05, 3.63) is 59.3 Å². The van der Waals surface area contributed by atoms with E-state index in [2.05, 4.69) is 67.3 Å². The van der Waals surface area contributed by atoms with Gasteiger partial charge in [0.25, 0.3) is 0 Å². The Morgan fingerprint density at radius 2 is 2.03 bits per heavy atom. The first-order valence-electron chi connectivity index (χ1n) is 12.9. The quantitative estimate of drug-likeness (QED) is 0.432. The molecule has 6 nitrogen and oxygen atoms in total. The van der Waals surface area contributed by atoms with Crippen LogP contribution in [0.15, 0.2) is 42.6 Å². The predicted octanol–water partition coefficient (Wildman–Crippen LogP) is 4.89. The second kappa shape index (κ2) is 11.2. The molecule has 0 saturated carbocycles. The van der Waals surface area contributed by atoms with E-state index in [1.165, 1.54) is 22.0 Å². The van der Waals surface area contributed by atoms with Gasteiger partial charge >= 0.3 is 0 Å². The van der Waals surface area contributed by atoms with Crippen LogP contribution in [-0.2, 0) is 31.4 Å². The van der Waals surface area contributed by atoms with E-state index in [1.807, 2.05) is 17.9 Å². The molecule has 1 aromatic heterocycles. The fourth-order valence-electron chi connectivity index (χ4n) is 5.06. The lowest BCUT2D eigenvalue weighted by Gasteiger charge is -2.28. The third kappa shape index (κ3) is 5.99. The lowest BCUT2D eigenvalue weighted by molar-refractivity contribution is -0.136. The number of nitrogens with zero attached hydrogens (tertiary/aromatic N) is 2. The normalized spacial score (nSPS) is 14.4. The fourth-order valence-corrected chi connectivity index (χ4v) is 5.06. The number of ether oxygens (including phenoxy) is 1. The number of nitrogens with two attached hydrogens (primary N) is 1. The number of carbonyl (C=O) groups is 1. The summed E-state index contributed by atoms with van der Waals surface area (Å²) < 4.78 is 8.02. The topological polar surface area (TPSA) is 72.5 Å². The molecule has 0 saturated heterocycles. The molecule has 0 bridgehead atoms. The summed E-state index contributed by atoms with van der Waals surface area (Å²) in [6.07, 6.45) is 5.21. The molecule has 0 spiro atoms. The number of nitrogens with one attached hydrogen (secondary N) is 1. The molecule has 0 aliphatic carbocycles. The maximum atomic E-state index is 13.5. The van der Waals surface area contributed by atoms with Crippen molar-refractivity contribution in [1.29, 1.82) is 0 Å². The van der Waals surface area contributed by atoms with Crippen LogP contribution in [0.3, 0.4) is 0 Å². The van der Waals surface area contributed by atoms with Crippen molar-refractivity contribution >= 4 is 22.5 Å². The molecule has 1 amide bonds. The summed E-state index contributed by atoms with van der Waals surface area (Å²) in [4.78, 5) is 15.5. The summed E-state index contributed by atoms with van der Waals surface area (Å²) >= 11 is 0. The van der Waals surface area contributed by atoms with Gasteiger partial charge in [-0.15, -0.1) is 0 Å². The molecule has 1 aliphatic rings. The van der Waals surface area contributed by atoms with Crippen LogP contribution < -0.4 is 15.8 Å². The molecule has 4 rings (SSSR count). The molecule has 0 radical (unpaired) electrons. The fraction of sp³-hybridized carbons (Fsp3) is 0.483. The maximum absolute atomic E-state index is 13.5. The second-order valence-corrected chi connectivity index (χ2v) is 10.4. The Kier molecular flexibility index (Phi) is 8.01. The standard InChI is InChI=1S/C29H40N4O2/c1-20(2)18-33(19-22-14-23-8-5-6-13-35-28(23)26(30)15-22)29(34)21(3)16-31-17-24-9-7-10-27-25(24)11-12-32(27)4/h7,9-12,14-15,20-21,31H,5-6,8,13,16-19,30H2,1-4H3. The van der Waals surface area contributed by atoms with Crippen LogP contribution >= 0.6 is 0 Å². The van der Waals surface area contributed by atoms with Crippen LogP contribution in [0.2, 0.25) is 0 Å². The molecule has 3 aromatic rings. The molecule has 1 aliphatic heterocycles. The highest BCUT2D eigenvalue weighted by molar-refractivity contribution is 5.83. The van der Waals surface area contributed by atoms with Crippen LogP contribution in [0, 0.1) is 11.8 Å². The first-order valence-corrected chi connectivity index (χ1v) is 12.9. The summed E-state index contributed by atoms with van der Waals surface area (Å²) in [6, 6.07) is 12.7. The van der Waals surface area contributed by atoms with Gasteiger partial charge in [0.15, 0.2) is 0 Å². The van der Waals surface area contributed by atoms with Crippen molar-refractivity contribution in [1.82, 2.24) is 14.8 Å². The van der Waals surface area contributed by atoms with Gasteiger partial charge in [-0.25, -0.2) is 0 Å². The number of benzene rings is 2. The largest absolute Gasteiger partial charge is 0.491 e. The Hall–Kier alpha value is -2.99. The number of aromatic nitrogens is 1. The lowest BCUT2D eigenvalue weighted by atomic mass is 10.0. The average molecular weight is 477 g/mol. The summed E-state index contributed by atoms with van der Waals surface area (Å²) in [5.41, 5.74) is 11.8. The minimum absolute atomic E-state index is 0.120. The van der Waals surface area contributed by atoms with Gasteiger partial charge in [-0.3, -0.25) is 4.79 Å². The van der Waals surface area contributed by atoms with Crippen molar-refractivity contribution < 1.29 is 9.53 Å². The van der Waals surface area contributed by atoms with Gasteiger partial charge in [-0.1, -0.05) is 39.0 Å². The minimum atomic E-state index is -0.120. The third-order valence-electron chi connectivity index (χ3n) is 6.82. The third-order valence-corrected chi connectivity index (χ3v) is 6.82. The number of hydrogen-bond acceptors (Lipinski definition) is 4. The molecule has 3 N–H and O–H groups in total. The molecule has 6 heteroatoms. The first-order chi connectivity index (χ1) is 16.8. The Bertz CT molecular complexity index is 1170. The predicted molar refractivity (Wildman–Crippen MR) is 143 cm³/mol. The minimum Gasteiger partial charge on any atom is -0.491 e. The van der Waals surface area contributed by atoms with Gasteiger partial charge < -0.3 is 25.3 Å². The van der Waals surface area contributed by atoms with Crippen molar-refractivity contribution in [3.63, 3.8) is 0 Å². The van der Waals surface area contributed by atoms with Gasteiger partial charge in [0.2, 0.25) is 5.91 Å². The molecular weight excluding hydrogens is 436 g/mol. The lowest BCUT2D eigenvalue weighted by Crippen LogP contribution is -2.40. The molecule has 2 heterocycles. The zero-order chi connectivity index (χ0) is 24.9. The molecule has 2 aromatic carbocycles. The van der Waals surface area contributed by atoms with E-state index in [0.717, 1.165) is 50.3 Å². The zero-order valence-electron chi connectivity index (χ0n) is 21.6. The molecular formula is C29H40N4O2. The highest BCUT2D eigenvalue weighted by Crippen LogP contribution is 2.32. The van der Waals surface area contributed by atoms with Crippen LogP contribution in [0.4, 0.5) is 5.69 Å². The highest BCUT2D eigenvalue weighted by Gasteiger charge is 2.23. The van der Waals surface area contributed by atoms with E-state index in [9.17, 15) is 4.79 Å². The van der Waals surface area contributed by atoms with E-state index >= 15 is 0 Å². The molecule has 1 atom stereocenters. The Morgan fingerprint density at radius 1 is 1.20 bits per heavy atom. The van der Waals surface area contributed by atoms with E-state index in [4.69, 9.17) is 10.5 Å². The number of aryl methyl sites for hydroxylation is 2. The van der Waals surface area contributed by atoms with E-state index < -0.39 is 0 Å². The summed E-state index contributed by atoms with van der Waals surface area (Å²) in [7, 11) is 2.06. The number of anilines is 1. The summed E-state index contributed by atoms with van der Waals surface area (Å²) in [5.74, 6) is 1.27. The number of hydrogen-bond donors (Lipinski definition) is 2. The zero-order valence-corrected chi connectivity index (χ0v) is 21.6. The molecule has 188 valence electrons. The monoisotopic (exact) mass is 476 g/mol. The average Bonchev–Trinajstić information content (AvgIpc) is 3.04. The van der Waals surface area contributed by atoms with Crippen LogP contribution in [0.1, 0.15) is 50.3 Å². The van der Waals surface area contributed by atoms with Gasteiger partial charge in [-0.05, 0) is 60.1 Å². The van der Waals surface area contributed by atoms with Gasteiger partial charge in [0.05, 0.1) is 12.3 Å². The number of rotatable bonds is 9. The number of fused-ring (bicyclic) bond motifs is 2. The van der Waals surface area contributed by atoms with E-state index in [-0.39, 0.29) is 11.8 Å². The summed E-state index contributed by atoms with van der Waals surface area (Å²) in [6.45, 7) is 9.72. The maximum Gasteiger partial charge on any atom is 0.226 e. The number of nitrogen functional groups attached to an aromatic ring is 1. The van der Waals surface area contributed by atoms with Crippen molar-refractivity contribution in [3.8, 4) is 5.75 Å². The Balaban J connectivity index is 1.41. The van der Waals surface area contributed by atoms with Crippen LogP contribution in [-0.4, -0.2) is 35.1 Å². The van der Waals surface area contributed by atoms with E-state index in [0.29, 0.717) is 24.7 Å². The van der Waals surface area contributed by atoms with Crippen LogP contribution in [0.25, 0.3) is 10.9 Å². The van der Waals surface area contributed by atoms with Gasteiger partial charge in [0, 0.05) is 56.2 Å². The molecule has 0 fully saturated rings. The number of carbonyl (C=O) groups excluding carboxylic acids is 1. The molecule has 1 unspecified atom stereocenters. The second-order valence-electron chi connectivity index (χ2n) is 10.4. The molecule has 35 heavy (non-hydrogen) atoms. The Labute approximate surface area is 209 Å². The smallest absolute Gasteiger partial charge is 0.226 e. The van der Waals surface area contributed by atoms with Gasteiger partial charge in [-0.2, -0.15) is 0 Å². The summed E-state index contributed by atoms with van der Waals surface area (Å²) in [5, 5.41) is 4.78. The van der Waals surface area contributed by atoms with Crippen molar-refractivity contribution in [2.75, 3.05) is 25.4 Å².